The molecule has 3 N–H and O–H groups in total. The Kier molecular flexibility index (Phi) is 39.8. The highest BCUT2D eigenvalue weighted by atomic mass is 31.2. The van der Waals surface area contributed by atoms with E-state index >= 15 is 0 Å². The summed E-state index contributed by atoms with van der Waals surface area (Å²) < 4.78 is 32.6. The van der Waals surface area contributed by atoms with Crippen LogP contribution in [0, 0.1) is 0 Å². The predicted molar refractivity (Wildman–Crippen MR) is 238 cm³/mol. The molecule has 1 unspecified atom stereocenters. The second kappa shape index (κ2) is 42.3. The first kappa shape index (κ1) is 53.7. The van der Waals surface area contributed by atoms with Gasteiger partial charge in [0.2, 0.25) is 0 Å². The number of rotatable bonds is 38. The third-order valence-corrected chi connectivity index (χ3v) is 9.14. The first-order valence-corrected chi connectivity index (χ1v) is 22.9. The zero-order chi connectivity index (χ0) is 41.8. The molecule has 0 saturated carbocycles. The Morgan fingerprint density at radius 1 is 0.544 bits per heavy atom. The van der Waals surface area contributed by atoms with Gasteiger partial charge in [0.15, 0.2) is 6.10 Å². The maximum Gasteiger partial charge on any atom is 0.472 e. The summed E-state index contributed by atoms with van der Waals surface area (Å²) in [6.45, 7) is 3.44. The summed E-state index contributed by atoms with van der Waals surface area (Å²) >= 11 is 0. The third-order valence-electron chi connectivity index (χ3n) is 8.16. The molecule has 0 saturated heterocycles. The van der Waals surface area contributed by atoms with Gasteiger partial charge in [0.25, 0.3) is 0 Å². The van der Waals surface area contributed by atoms with E-state index in [9.17, 15) is 19.0 Å². The summed E-state index contributed by atoms with van der Waals surface area (Å²) in [6, 6.07) is 0. The summed E-state index contributed by atoms with van der Waals surface area (Å²) in [5, 5.41) is 0. The summed E-state index contributed by atoms with van der Waals surface area (Å²) in [5.41, 5.74) is 5.34. The van der Waals surface area contributed by atoms with Gasteiger partial charge in [-0.2, -0.15) is 0 Å². The Balaban J connectivity index is 4.37. The molecule has 0 rings (SSSR count). The minimum atomic E-state index is -4.41. The Labute approximate surface area is 346 Å². The first-order valence-electron chi connectivity index (χ1n) is 21.4. The summed E-state index contributed by atoms with van der Waals surface area (Å²) in [6.07, 6.45) is 55.6. The molecule has 10 heteroatoms. The largest absolute Gasteiger partial charge is 0.472 e. The van der Waals surface area contributed by atoms with Crippen molar-refractivity contribution in [3.05, 3.63) is 109 Å². The number of carbonyl (C=O) groups excluding carboxylic acids is 2. The highest BCUT2D eigenvalue weighted by Crippen LogP contribution is 2.43. The van der Waals surface area contributed by atoms with Crippen LogP contribution in [0.5, 0.6) is 0 Å². The topological polar surface area (TPSA) is 134 Å². The SMILES string of the molecule is CC/C=C\C/C=C\C/C=C\C/C=C\CCCCCCC(=O)OC[C@H](COP(=O)(O)OCCN)OC(=O)CC/C=C\C/C=C\C/C=C\C/C=C\C/C=C\CCCCC. The molecule has 0 aliphatic heterocycles. The van der Waals surface area contributed by atoms with Crippen molar-refractivity contribution in [2.75, 3.05) is 26.4 Å². The van der Waals surface area contributed by atoms with Crippen molar-refractivity contribution in [2.45, 2.75) is 148 Å². The molecule has 0 aromatic heterocycles. The van der Waals surface area contributed by atoms with Gasteiger partial charge in [-0.25, -0.2) is 4.57 Å². The van der Waals surface area contributed by atoms with Crippen LogP contribution in [0.3, 0.4) is 0 Å². The quantitative estimate of drug-likeness (QED) is 0.0270. The maximum atomic E-state index is 12.5. The molecule has 0 amide bonds. The van der Waals surface area contributed by atoms with E-state index in [1.807, 2.05) is 12.2 Å². The normalized spacial score (nSPS) is 14.4. The van der Waals surface area contributed by atoms with Crippen LogP contribution in [0.1, 0.15) is 142 Å². The molecule has 2 atom stereocenters. The minimum absolute atomic E-state index is 0.0320. The number of hydrogen-bond donors (Lipinski definition) is 2. The predicted octanol–water partition coefficient (Wildman–Crippen LogP) is 12.4. The van der Waals surface area contributed by atoms with Crippen LogP contribution in [0.25, 0.3) is 0 Å². The molecule has 0 fully saturated rings. The molecule has 0 heterocycles. The zero-order valence-corrected chi connectivity index (χ0v) is 36.2. The fourth-order valence-electron chi connectivity index (χ4n) is 5.02. The fourth-order valence-corrected chi connectivity index (χ4v) is 5.78. The average molecular weight is 814 g/mol. The molecule has 0 aliphatic rings. The van der Waals surface area contributed by atoms with Crippen LogP contribution in [0.15, 0.2) is 109 Å². The monoisotopic (exact) mass is 814 g/mol. The van der Waals surface area contributed by atoms with Crippen molar-refractivity contribution in [1.82, 2.24) is 0 Å². The Bertz CT molecular complexity index is 1290. The van der Waals surface area contributed by atoms with E-state index < -0.39 is 32.5 Å². The van der Waals surface area contributed by atoms with Gasteiger partial charge in [-0.1, -0.05) is 149 Å². The van der Waals surface area contributed by atoms with Gasteiger partial charge < -0.3 is 20.1 Å². The Morgan fingerprint density at radius 3 is 1.49 bits per heavy atom. The molecule has 322 valence electrons. The summed E-state index contributed by atoms with van der Waals surface area (Å²) in [4.78, 5) is 34.8. The molecular weight excluding hydrogens is 737 g/mol. The molecule has 57 heavy (non-hydrogen) atoms. The molecule has 0 bridgehead atoms. The van der Waals surface area contributed by atoms with Gasteiger partial charge >= 0.3 is 19.8 Å². The zero-order valence-electron chi connectivity index (χ0n) is 35.3. The van der Waals surface area contributed by atoms with Gasteiger partial charge in [-0.05, 0) is 89.9 Å². The lowest BCUT2D eigenvalue weighted by Crippen LogP contribution is -2.29. The van der Waals surface area contributed by atoms with Crippen molar-refractivity contribution in [3.63, 3.8) is 0 Å². The lowest BCUT2D eigenvalue weighted by atomic mass is 10.1. The van der Waals surface area contributed by atoms with Crippen LogP contribution in [-0.4, -0.2) is 49.3 Å². The van der Waals surface area contributed by atoms with E-state index in [4.69, 9.17) is 24.3 Å². The number of phosphoric acid groups is 1. The van der Waals surface area contributed by atoms with Gasteiger partial charge in [-0.3, -0.25) is 18.6 Å². The Hall–Kier alpha value is -3.33. The van der Waals surface area contributed by atoms with Crippen LogP contribution >= 0.6 is 7.82 Å². The van der Waals surface area contributed by atoms with Crippen LogP contribution in [0.4, 0.5) is 0 Å². The summed E-state index contributed by atoms with van der Waals surface area (Å²) in [7, 11) is -4.41. The maximum absolute atomic E-state index is 12.5. The minimum Gasteiger partial charge on any atom is -0.462 e. The number of nitrogens with two attached hydrogens (primary N) is 1. The lowest BCUT2D eigenvalue weighted by molar-refractivity contribution is -0.161. The van der Waals surface area contributed by atoms with Crippen molar-refractivity contribution >= 4 is 19.8 Å². The third kappa shape index (κ3) is 42.1. The van der Waals surface area contributed by atoms with Gasteiger partial charge in [0.05, 0.1) is 13.2 Å². The number of carbonyl (C=O) groups is 2. The van der Waals surface area contributed by atoms with E-state index in [0.29, 0.717) is 12.8 Å². The van der Waals surface area contributed by atoms with E-state index in [1.54, 1.807) is 0 Å². The van der Waals surface area contributed by atoms with Gasteiger partial charge in [0.1, 0.15) is 6.61 Å². The number of unbranched alkanes of at least 4 members (excludes halogenated alkanes) is 7. The number of esters is 2. The molecule has 0 aliphatic carbocycles. The standard InChI is InChI=1S/C47H76NO8P/c1-3-5-7-9-11-13-15-17-19-21-22-24-26-28-30-32-34-36-38-40-47(50)56-45(44-55-57(51,52)54-42-41-48)43-53-46(49)39-37-35-33-31-29-27-25-23-20-18-16-14-12-10-8-6-4-2/h6,8,11-14,17-20,22,24-25,27-28,30,34,36,45H,3-5,7,9-10,15-16,21,23,26,29,31-33,35,37-44,48H2,1-2H3,(H,51,52)/b8-6-,13-11-,14-12-,19-17-,20-18-,24-22-,27-25-,30-28-,36-34-/t45-/m1/s1. The van der Waals surface area contributed by atoms with Crippen molar-refractivity contribution < 1.29 is 37.6 Å². The number of allylic oxidation sites excluding steroid dienone is 18. The van der Waals surface area contributed by atoms with Crippen LogP contribution < -0.4 is 5.73 Å². The molecule has 0 spiro atoms. The Morgan fingerprint density at radius 2 is 1.00 bits per heavy atom. The van der Waals surface area contributed by atoms with Crippen LogP contribution in [0.2, 0.25) is 0 Å². The number of hydrogen-bond acceptors (Lipinski definition) is 8. The van der Waals surface area contributed by atoms with Crippen molar-refractivity contribution in [2.24, 2.45) is 5.73 Å². The van der Waals surface area contributed by atoms with Crippen molar-refractivity contribution in [1.29, 1.82) is 0 Å². The second-order valence-corrected chi connectivity index (χ2v) is 14.9. The highest BCUT2D eigenvalue weighted by molar-refractivity contribution is 7.47. The van der Waals surface area contributed by atoms with E-state index in [1.165, 1.54) is 25.7 Å². The highest BCUT2D eigenvalue weighted by Gasteiger charge is 2.25. The number of phosphoric ester groups is 1. The molecule has 9 nitrogen and oxygen atoms in total. The molecule has 0 radical (unpaired) electrons. The summed E-state index contributed by atoms with van der Waals surface area (Å²) in [5.74, 6) is -0.965. The van der Waals surface area contributed by atoms with E-state index in [0.717, 1.165) is 77.0 Å². The lowest BCUT2D eigenvalue weighted by Gasteiger charge is -2.19. The molecule has 0 aromatic carbocycles. The molecular formula is C47H76NO8P. The smallest absolute Gasteiger partial charge is 0.462 e. The van der Waals surface area contributed by atoms with E-state index in [-0.39, 0.29) is 32.6 Å². The second-order valence-electron chi connectivity index (χ2n) is 13.5. The average Bonchev–Trinajstić information content (AvgIpc) is 3.20. The van der Waals surface area contributed by atoms with Gasteiger partial charge in [0, 0.05) is 19.4 Å². The number of ether oxygens (including phenoxy) is 2. The van der Waals surface area contributed by atoms with Crippen molar-refractivity contribution in [3.8, 4) is 0 Å². The molecule has 0 aromatic rings. The van der Waals surface area contributed by atoms with Crippen LogP contribution in [-0.2, 0) is 32.7 Å². The first-order chi connectivity index (χ1) is 27.8. The fraction of sp³-hybridized carbons (Fsp3) is 0.574. The van der Waals surface area contributed by atoms with Gasteiger partial charge in [-0.15, -0.1) is 0 Å². The van der Waals surface area contributed by atoms with E-state index in [2.05, 4.69) is 111 Å².